The third kappa shape index (κ3) is 1.91. The smallest absolute Gasteiger partial charge is 0.131 e. The van der Waals surface area contributed by atoms with Crippen LogP contribution in [0.1, 0.15) is 11.1 Å². The van der Waals surface area contributed by atoms with Crippen molar-refractivity contribution in [3.63, 3.8) is 0 Å². The van der Waals surface area contributed by atoms with E-state index in [1.54, 1.807) is 30.3 Å². The van der Waals surface area contributed by atoms with Gasteiger partial charge in [0.25, 0.3) is 0 Å². The molecule has 0 fully saturated rings. The van der Waals surface area contributed by atoms with Gasteiger partial charge < -0.3 is 5.11 Å². The summed E-state index contributed by atoms with van der Waals surface area (Å²) in [5.74, 6) is -0.207. The Hall–Kier alpha value is -1.83. The molecule has 0 atom stereocenters. The van der Waals surface area contributed by atoms with E-state index in [0.29, 0.717) is 11.1 Å². The van der Waals surface area contributed by atoms with Crippen LogP contribution in [0.15, 0.2) is 36.4 Å². The number of aryl methyl sites for hydroxylation is 2. The molecule has 2 heteroatoms. The maximum Gasteiger partial charge on any atom is 0.131 e. The molecule has 0 unspecified atom stereocenters. The first-order valence-corrected chi connectivity index (χ1v) is 5.14. The Balaban J connectivity index is 2.66. The lowest BCUT2D eigenvalue weighted by atomic mass is 10.0. The monoisotopic (exact) mass is 216 g/mol. The fourth-order valence-electron chi connectivity index (χ4n) is 1.71. The number of hydrogen-bond donors (Lipinski definition) is 1. The molecule has 1 nitrogen and oxygen atoms in total. The molecule has 16 heavy (non-hydrogen) atoms. The minimum atomic E-state index is -0.313. The zero-order valence-corrected chi connectivity index (χ0v) is 9.29. The molecular formula is C14H13FO. The molecule has 0 aromatic heterocycles. The summed E-state index contributed by atoms with van der Waals surface area (Å²) in [5.41, 5.74) is 2.95. The number of phenolic OH excluding ortho intramolecular Hbond substituents is 1. The topological polar surface area (TPSA) is 20.2 Å². The Labute approximate surface area is 94.2 Å². The molecule has 0 saturated heterocycles. The van der Waals surface area contributed by atoms with E-state index in [1.807, 2.05) is 13.8 Å². The zero-order valence-electron chi connectivity index (χ0n) is 9.29. The summed E-state index contributed by atoms with van der Waals surface area (Å²) in [4.78, 5) is 0. The summed E-state index contributed by atoms with van der Waals surface area (Å²) in [6.45, 7) is 3.81. The summed E-state index contributed by atoms with van der Waals surface area (Å²) >= 11 is 0. The SMILES string of the molecule is Cc1ccc(O)c(-c2cc(C)ccc2F)c1. The molecule has 2 aromatic rings. The highest BCUT2D eigenvalue weighted by Crippen LogP contribution is 2.32. The fourth-order valence-corrected chi connectivity index (χ4v) is 1.71. The van der Waals surface area contributed by atoms with E-state index < -0.39 is 0 Å². The maximum absolute atomic E-state index is 13.7. The van der Waals surface area contributed by atoms with Gasteiger partial charge in [-0.05, 0) is 38.1 Å². The molecule has 0 aliphatic heterocycles. The van der Waals surface area contributed by atoms with Crippen molar-refractivity contribution in [2.24, 2.45) is 0 Å². The zero-order chi connectivity index (χ0) is 11.7. The number of hydrogen-bond acceptors (Lipinski definition) is 1. The largest absolute Gasteiger partial charge is 0.507 e. The first-order chi connectivity index (χ1) is 7.58. The lowest BCUT2D eigenvalue weighted by Crippen LogP contribution is -1.87. The molecule has 0 amide bonds. The van der Waals surface area contributed by atoms with Gasteiger partial charge in [-0.3, -0.25) is 0 Å². The summed E-state index contributed by atoms with van der Waals surface area (Å²) in [6, 6.07) is 10.0. The van der Waals surface area contributed by atoms with Crippen LogP contribution in [-0.4, -0.2) is 5.11 Å². The van der Waals surface area contributed by atoms with Gasteiger partial charge >= 0.3 is 0 Å². The second-order valence-electron chi connectivity index (χ2n) is 4.00. The molecule has 0 aliphatic rings. The second kappa shape index (κ2) is 3.97. The second-order valence-corrected chi connectivity index (χ2v) is 4.00. The van der Waals surface area contributed by atoms with Crippen LogP contribution in [0, 0.1) is 19.7 Å². The molecular weight excluding hydrogens is 203 g/mol. The number of aromatic hydroxyl groups is 1. The predicted molar refractivity (Wildman–Crippen MR) is 63.0 cm³/mol. The molecule has 82 valence electrons. The fraction of sp³-hybridized carbons (Fsp3) is 0.143. The van der Waals surface area contributed by atoms with Crippen molar-refractivity contribution in [1.82, 2.24) is 0 Å². The van der Waals surface area contributed by atoms with E-state index in [2.05, 4.69) is 0 Å². The van der Waals surface area contributed by atoms with Gasteiger partial charge in [0.05, 0.1) is 0 Å². The van der Waals surface area contributed by atoms with Crippen LogP contribution in [0.4, 0.5) is 4.39 Å². The van der Waals surface area contributed by atoms with Crippen LogP contribution < -0.4 is 0 Å². The highest BCUT2D eigenvalue weighted by atomic mass is 19.1. The normalized spacial score (nSPS) is 10.4. The van der Waals surface area contributed by atoms with Crippen molar-refractivity contribution < 1.29 is 9.50 Å². The Bertz CT molecular complexity index is 483. The van der Waals surface area contributed by atoms with Gasteiger partial charge in [0.2, 0.25) is 0 Å². The first kappa shape index (κ1) is 10.7. The van der Waals surface area contributed by atoms with Gasteiger partial charge in [-0.2, -0.15) is 0 Å². The van der Waals surface area contributed by atoms with Crippen molar-refractivity contribution in [3.05, 3.63) is 53.3 Å². The molecule has 0 aliphatic carbocycles. The number of benzene rings is 2. The van der Waals surface area contributed by atoms with Gasteiger partial charge in [-0.25, -0.2) is 4.39 Å². The van der Waals surface area contributed by atoms with E-state index in [-0.39, 0.29) is 11.6 Å². The Morgan fingerprint density at radius 1 is 0.875 bits per heavy atom. The Morgan fingerprint density at radius 2 is 1.44 bits per heavy atom. The quantitative estimate of drug-likeness (QED) is 0.768. The molecule has 0 bridgehead atoms. The third-order valence-corrected chi connectivity index (χ3v) is 2.56. The molecule has 0 radical (unpaired) electrons. The first-order valence-electron chi connectivity index (χ1n) is 5.14. The van der Waals surface area contributed by atoms with Crippen molar-refractivity contribution in [3.8, 4) is 16.9 Å². The van der Waals surface area contributed by atoms with Crippen LogP contribution in [0.2, 0.25) is 0 Å². The van der Waals surface area contributed by atoms with Crippen LogP contribution in [0.3, 0.4) is 0 Å². The van der Waals surface area contributed by atoms with Crippen LogP contribution in [0.5, 0.6) is 5.75 Å². The summed E-state index contributed by atoms with van der Waals surface area (Å²) in [6.07, 6.45) is 0. The molecule has 0 saturated carbocycles. The Morgan fingerprint density at radius 3 is 2.12 bits per heavy atom. The molecule has 2 rings (SSSR count). The van der Waals surface area contributed by atoms with E-state index in [4.69, 9.17) is 0 Å². The maximum atomic E-state index is 13.7. The minimum Gasteiger partial charge on any atom is -0.507 e. The van der Waals surface area contributed by atoms with E-state index in [9.17, 15) is 9.50 Å². The van der Waals surface area contributed by atoms with Gasteiger partial charge in [0, 0.05) is 11.1 Å². The van der Waals surface area contributed by atoms with Gasteiger partial charge in [-0.1, -0.05) is 23.3 Å². The van der Waals surface area contributed by atoms with Gasteiger partial charge in [-0.15, -0.1) is 0 Å². The minimum absolute atomic E-state index is 0.107. The molecule has 0 spiro atoms. The number of phenols is 1. The van der Waals surface area contributed by atoms with Gasteiger partial charge in [0.1, 0.15) is 11.6 Å². The van der Waals surface area contributed by atoms with E-state index in [1.165, 1.54) is 6.07 Å². The van der Waals surface area contributed by atoms with Crippen LogP contribution in [-0.2, 0) is 0 Å². The van der Waals surface area contributed by atoms with E-state index >= 15 is 0 Å². The number of rotatable bonds is 1. The van der Waals surface area contributed by atoms with Crippen molar-refractivity contribution in [2.45, 2.75) is 13.8 Å². The van der Waals surface area contributed by atoms with Crippen LogP contribution in [0.25, 0.3) is 11.1 Å². The molecule has 1 N–H and O–H groups in total. The van der Waals surface area contributed by atoms with Crippen molar-refractivity contribution >= 4 is 0 Å². The highest BCUT2D eigenvalue weighted by molar-refractivity contribution is 5.71. The van der Waals surface area contributed by atoms with Crippen molar-refractivity contribution in [2.75, 3.05) is 0 Å². The lowest BCUT2D eigenvalue weighted by molar-refractivity contribution is 0.476. The summed E-state index contributed by atoms with van der Waals surface area (Å²) in [7, 11) is 0. The summed E-state index contributed by atoms with van der Waals surface area (Å²) < 4.78 is 13.7. The van der Waals surface area contributed by atoms with Crippen LogP contribution >= 0.6 is 0 Å². The average Bonchev–Trinajstić information content (AvgIpc) is 2.25. The standard InChI is InChI=1S/C14H13FO/c1-9-3-5-13(15)11(7-9)12-8-10(2)4-6-14(12)16/h3-8,16H,1-2H3. The highest BCUT2D eigenvalue weighted by Gasteiger charge is 2.09. The predicted octanol–water partition coefficient (Wildman–Crippen LogP) is 3.82. The Kier molecular flexibility index (Phi) is 2.65. The third-order valence-electron chi connectivity index (χ3n) is 2.56. The number of halogens is 1. The van der Waals surface area contributed by atoms with Crippen molar-refractivity contribution in [1.29, 1.82) is 0 Å². The van der Waals surface area contributed by atoms with Gasteiger partial charge in [0.15, 0.2) is 0 Å². The molecule has 0 heterocycles. The summed E-state index contributed by atoms with van der Waals surface area (Å²) in [5, 5.41) is 9.74. The molecule has 2 aromatic carbocycles. The average molecular weight is 216 g/mol. The lowest BCUT2D eigenvalue weighted by Gasteiger charge is -2.08. The van der Waals surface area contributed by atoms with E-state index in [0.717, 1.165) is 11.1 Å².